The van der Waals surface area contributed by atoms with Crippen molar-refractivity contribution in [1.29, 1.82) is 0 Å². The summed E-state index contributed by atoms with van der Waals surface area (Å²) in [7, 11) is 0. The summed E-state index contributed by atoms with van der Waals surface area (Å²) in [5.74, 6) is 1.92. The molecule has 2 aromatic rings. The van der Waals surface area contributed by atoms with Crippen LogP contribution < -0.4 is 4.74 Å². The monoisotopic (exact) mass is 370 g/mol. The normalized spacial score (nSPS) is 15.9. The molecule has 0 bridgehead atoms. The van der Waals surface area contributed by atoms with E-state index in [1.807, 2.05) is 12.1 Å². The van der Waals surface area contributed by atoms with Crippen molar-refractivity contribution in [2.75, 3.05) is 6.61 Å². The summed E-state index contributed by atoms with van der Waals surface area (Å²) >= 11 is 7.01. The third-order valence-electron chi connectivity index (χ3n) is 3.07. The van der Waals surface area contributed by atoms with Crippen molar-refractivity contribution < 1.29 is 9.15 Å². The quantitative estimate of drug-likeness (QED) is 0.704. The second kappa shape index (κ2) is 5.10. The minimum Gasteiger partial charge on any atom is -0.493 e. The highest BCUT2D eigenvalue weighted by molar-refractivity contribution is 9.10. The van der Waals surface area contributed by atoms with Crippen LogP contribution in [0.4, 0.5) is 0 Å². The van der Waals surface area contributed by atoms with E-state index in [2.05, 4.69) is 50.1 Å². The molecule has 0 radical (unpaired) electrons. The first-order chi connectivity index (χ1) is 8.74. The van der Waals surface area contributed by atoms with Crippen molar-refractivity contribution in [2.24, 2.45) is 0 Å². The van der Waals surface area contributed by atoms with Crippen LogP contribution in [0.5, 0.6) is 5.75 Å². The molecule has 2 heterocycles. The number of ether oxygens (including phenoxy) is 1. The van der Waals surface area contributed by atoms with Crippen molar-refractivity contribution in [1.82, 2.24) is 0 Å². The van der Waals surface area contributed by atoms with Crippen molar-refractivity contribution >= 4 is 31.9 Å². The van der Waals surface area contributed by atoms with E-state index in [-0.39, 0.29) is 4.83 Å². The second-order valence-corrected chi connectivity index (χ2v) is 6.02. The maximum absolute atomic E-state index is 5.62. The number of alkyl halides is 1. The number of halogens is 2. The van der Waals surface area contributed by atoms with Gasteiger partial charge in [-0.3, -0.25) is 0 Å². The van der Waals surface area contributed by atoms with Crippen LogP contribution in [-0.2, 0) is 6.42 Å². The summed E-state index contributed by atoms with van der Waals surface area (Å²) in [5, 5.41) is 0. The summed E-state index contributed by atoms with van der Waals surface area (Å²) in [4.78, 5) is 0.0797. The van der Waals surface area contributed by atoms with Gasteiger partial charge in [-0.05, 0) is 58.1 Å². The van der Waals surface area contributed by atoms with E-state index in [0.29, 0.717) is 0 Å². The van der Waals surface area contributed by atoms with E-state index >= 15 is 0 Å². The molecular weight excluding hydrogens is 360 g/mol. The van der Waals surface area contributed by atoms with E-state index in [1.54, 1.807) is 0 Å². The molecule has 4 heteroatoms. The molecule has 1 aliphatic heterocycles. The Balaban J connectivity index is 1.92. The number of benzene rings is 1. The lowest BCUT2D eigenvalue weighted by molar-refractivity contribution is 0.288. The van der Waals surface area contributed by atoms with Gasteiger partial charge in [-0.1, -0.05) is 28.1 Å². The minimum atomic E-state index is 0.0797. The molecule has 1 aromatic carbocycles. The largest absolute Gasteiger partial charge is 0.493 e. The lowest BCUT2D eigenvalue weighted by atomic mass is 10.0. The highest BCUT2D eigenvalue weighted by atomic mass is 79.9. The zero-order valence-electron chi connectivity index (χ0n) is 9.66. The number of furan rings is 1. The fourth-order valence-electron chi connectivity index (χ4n) is 2.17. The second-order valence-electron chi connectivity index (χ2n) is 4.32. The zero-order valence-corrected chi connectivity index (χ0v) is 12.8. The zero-order chi connectivity index (χ0) is 12.5. The molecule has 0 amide bonds. The van der Waals surface area contributed by atoms with E-state index < -0.39 is 0 Å². The van der Waals surface area contributed by atoms with Crippen molar-refractivity contribution in [2.45, 2.75) is 17.7 Å². The molecular formula is C14H12Br2O2. The number of rotatable bonds is 2. The topological polar surface area (TPSA) is 22.4 Å². The van der Waals surface area contributed by atoms with Gasteiger partial charge in [-0.25, -0.2) is 0 Å². The van der Waals surface area contributed by atoms with Gasteiger partial charge in [0.2, 0.25) is 0 Å². The van der Waals surface area contributed by atoms with Crippen LogP contribution in [0, 0.1) is 0 Å². The predicted molar refractivity (Wildman–Crippen MR) is 77.4 cm³/mol. The van der Waals surface area contributed by atoms with Crippen LogP contribution in [0.3, 0.4) is 0 Å². The van der Waals surface area contributed by atoms with Gasteiger partial charge < -0.3 is 9.15 Å². The molecule has 1 aliphatic rings. The Bertz CT molecular complexity index is 563. The number of hydrogen-bond donors (Lipinski definition) is 0. The molecule has 94 valence electrons. The maximum Gasteiger partial charge on any atom is 0.169 e. The highest BCUT2D eigenvalue weighted by Gasteiger charge is 2.17. The van der Waals surface area contributed by atoms with E-state index in [4.69, 9.17) is 9.15 Å². The molecule has 1 aromatic heterocycles. The van der Waals surface area contributed by atoms with Gasteiger partial charge in [-0.15, -0.1) is 0 Å². The Kier molecular flexibility index (Phi) is 3.48. The average Bonchev–Trinajstić information content (AvgIpc) is 2.84. The fourth-order valence-corrected chi connectivity index (χ4v) is 3.02. The molecule has 0 spiro atoms. The Hall–Kier alpha value is -0.740. The van der Waals surface area contributed by atoms with E-state index in [0.717, 1.165) is 35.6 Å². The summed E-state index contributed by atoms with van der Waals surface area (Å²) in [6, 6.07) is 10.2. The molecule has 2 nitrogen and oxygen atoms in total. The molecule has 0 aliphatic carbocycles. The Labute approximate surface area is 123 Å². The first-order valence-electron chi connectivity index (χ1n) is 5.89. The van der Waals surface area contributed by atoms with Gasteiger partial charge in [0.25, 0.3) is 0 Å². The van der Waals surface area contributed by atoms with Crippen molar-refractivity contribution in [3.8, 4) is 5.75 Å². The first-order valence-corrected chi connectivity index (χ1v) is 7.60. The molecule has 1 unspecified atom stereocenters. The van der Waals surface area contributed by atoms with Crippen LogP contribution in [0.25, 0.3) is 0 Å². The Morgan fingerprint density at radius 1 is 1.17 bits per heavy atom. The molecule has 1 atom stereocenters. The van der Waals surface area contributed by atoms with Crippen LogP contribution in [0.2, 0.25) is 0 Å². The number of fused-ring (bicyclic) bond motifs is 1. The smallest absolute Gasteiger partial charge is 0.169 e. The lowest BCUT2D eigenvalue weighted by Gasteiger charge is -2.18. The van der Waals surface area contributed by atoms with E-state index in [1.165, 1.54) is 11.1 Å². The lowest BCUT2D eigenvalue weighted by Crippen LogP contribution is -2.08. The summed E-state index contributed by atoms with van der Waals surface area (Å²) in [6.45, 7) is 0.829. The highest BCUT2D eigenvalue weighted by Crippen LogP contribution is 2.36. The third-order valence-corrected chi connectivity index (χ3v) is 4.48. The summed E-state index contributed by atoms with van der Waals surface area (Å²) < 4.78 is 12.0. The summed E-state index contributed by atoms with van der Waals surface area (Å²) in [5.41, 5.74) is 2.48. The van der Waals surface area contributed by atoms with Crippen LogP contribution >= 0.6 is 31.9 Å². The summed E-state index contributed by atoms with van der Waals surface area (Å²) in [6.07, 6.45) is 2.18. The minimum absolute atomic E-state index is 0.0797. The third kappa shape index (κ3) is 2.36. The van der Waals surface area contributed by atoms with E-state index in [9.17, 15) is 0 Å². The van der Waals surface area contributed by atoms with Gasteiger partial charge in [-0.2, -0.15) is 0 Å². The Morgan fingerprint density at radius 3 is 2.83 bits per heavy atom. The van der Waals surface area contributed by atoms with Crippen LogP contribution in [0.15, 0.2) is 39.4 Å². The predicted octanol–water partition coefficient (Wildman–Crippen LogP) is 4.85. The SMILES string of the molecule is Brc1ccc(C(Br)c2ccc3c(c2)CCCO3)o1. The van der Waals surface area contributed by atoms with Crippen molar-refractivity contribution in [3.05, 3.63) is 51.9 Å². The Morgan fingerprint density at radius 2 is 2.06 bits per heavy atom. The van der Waals surface area contributed by atoms with Gasteiger partial charge >= 0.3 is 0 Å². The fraction of sp³-hybridized carbons (Fsp3) is 0.286. The van der Waals surface area contributed by atoms with Crippen LogP contribution in [0.1, 0.15) is 28.1 Å². The van der Waals surface area contributed by atoms with Gasteiger partial charge in [0.1, 0.15) is 11.5 Å². The molecule has 0 saturated carbocycles. The molecule has 3 rings (SSSR count). The molecule has 18 heavy (non-hydrogen) atoms. The molecule has 0 N–H and O–H groups in total. The number of hydrogen-bond acceptors (Lipinski definition) is 2. The average molecular weight is 372 g/mol. The van der Waals surface area contributed by atoms with Gasteiger partial charge in [0, 0.05) is 0 Å². The standard InChI is InChI=1S/C14H12Br2O2/c15-13-6-5-12(18-13)14(16)10-3-4-11-9(8-10)2-1-7-17-11/h3-6,8,14H,1-2,7H2. The molecule has 0 saturated heterocycles. The van der Waals surface area contributed by atoms with Crippen LogP contribution in [-0.4, -0.2) is 6.61 Å². The van der Waals surface area contributed by atoms with Crippen molar-refractivity contribution in [3.63, 3.8) is 0 Å². The number of aryl methyl sites for hydroxylation is 1. The maximum atomic E-state index is 5.62. The van der Waals surface area contributed by atoms with Gasteiger partial charge in [0.15, 0.2) is 4.67 Å². The van der Waals surface area contributed by atoms with Gasteiger partial charge in [0.05, 0.1) is 11.4 Å². The molecule has 0 fully saturated rings. The first kappa shape index (κ1) is 12.3.